The van der Waals surface area contributed by atoms with Crippen LogP contribution in [0.1, 0.15) is 36.1 Å². The van der Waals surface area contributed by atoms with Gasteiger partial charge < -0.3 is 4.90 Å². The summed E-state index contributed by atoms with van der Waals surface area (Å²) in [5.41, 5.74) is 4.21. The molecular formula is C21H28N4. The summed E-state index contributed by atoms with van der Waals surface area (Å²) in [7, 11) is 0. The van der Waals surface area contributed by atoms with E-state index in [1.54, 1.807) is 0 Å². The highest BCUT2D eigenvalue weighted by Crippen LogP contribution is 2.40. The summed E-state index contributed by atoms with van der Waals surface area (Å²) < 4.78 is 0. The third kappa shape index (κ3) is 3.69. The van der Waals surface area contributed by atoms with Gasteiger partial charge in [-0.25, -0.2) is 0 Å². The quantitative estimate of drug-likeness (QED) is 0.857. The number of rotatable bonds is 3. The first-order valence-electron chi connectivity index (χ1n) is 9.45. The van der Waals surface area contributed by atoms with Gasteiger partial charge in [-0.15, -0.1) is 5.10 Å². The van der Waals surface area contributed by atoms with E-state index in [2.05, 4.69) is 63.3 Å². The highest BCUT2D eigenvalue weighted by atomic mass is 15.3. The second-order valence-electron chi connectivity index (χ2n) is 8.01. The predicted octanol–water partition coefficient (Wildman–Crippen LogP) is 3.59. The number of aromatic nitrogens is 2. The number of aryl methyl sites for hydroxylation is 2. The Morgan fingerprint density at radius 3 is 2.72 bits per heavy atom. The van der Waals surface area contributed by atoms with Gasteiger partial charge in [-0.05, 0) is 57.4 Å². The van der Waals surface area contributed by atoms with E-state index < -0.39 is 0 Å². The van der Waals surface area contributed by atoms with Crippen LogP contribution in [-0.2, 0) is 6.54 Å². The number of likely N-dealkylation sites (tertiary alicyclic amines) is 1. The van der Waals surface area contributed by atoms with Gasteiger partial charge in [0.05, 0.1) is 5.69 Å². The molecule has 4 rings (SSSR count). The van der Waals surface area contributed by atoms with Gasteiger partial charge in [-0.2, -0.15) is 5.10 Å². The standard InChI is InChI=1S/C21H28N4/c1-17-5-3-6-19(13-17)14-24-11-4-9-21(15-24)10-12-25(16-21)20-8-7-18(2)22-23-20/h3,5-8,13H,4,9-12,14-16H2,1-2H3. The molecule has 132 valence electrons. The molecule has 0 N–H and O–H groups in total. The highest BCUT2D eigenvalue weighted by Gasteiger charge is 2.41. The van der Waals surface area contributed by atoms with Crippen LogP contribution in [0, 0.1) is 19.3 Å². The smallest absolute Gasteiger partial charge is 0.151 e. The summed E-state index contributed by atoms with van der Waals surface area (Å²) in [6, 6.07) is 13.1. The summed E-state index contributed by atoms with van der Waals surface area (Å²) in [4.78, 5) is 5.09. The van der Waals surface area contributed by atoms with E-state index >= 15 is 0 Å². The molecule has 0 aliphatic carbocycles. The van der Waals surface area contributed by atoms with Gasteiger partial charge in [0.15, 0.2) is 5.82 Å². The second-order valence-corrected chi connectivity index (χ2v) is 8.01. The van der Waals surface area contributed by atoms with Gasteiger partial charge in [0, 0.05) is 31.6 Å². The van der Waals surface area contributed by atoms with Gasteiger partial charge in [0.1, 0.15) is 0 Å². The molecule has 0 radical (unpaired) electrons. The summed E-state index contributed by atoms with van der Waals surface area (Å²) in [6.07, 6.45) is 3.92. The summed E-state index contributed by atoms with van der Waals surface area (Å²) in [5.74, 6) is 1.04. The molecule has 2 aliphatic rings. The highest BCUT2D eigenvalue weighted by molar-refractivity contribution is 5.39. The van der Waals surface area contributed by atoms with Crippen LogP contribution in [0.3, 0.4) is 0 Å². The van der Waals surface area contributed by atoms with Crippen LogP contribution in [0.5, 0.6) is 0 Å². The number of benzene rings is 1. The average molecular weight is 336 g/mol. The minimum atomic E-state index is 0.425. The van der Waals surface area contributed by atoms with Crippen LogP contribution >= 0.6 is 0 Å². The van der Waals surface area contributed by atoms with Crippen molar-refractivity contribution in [1.29, 1.82) is 0 Å². The molecule has 0 saturated carbocycles. The Labute approximate surface area is 150 Å². The lowest BCUT2D eigenvalue weighted by Gasteiger charge is -2.40. The molecule has 0 bridgehead atoms. The molecule has 0 amide bonds. The lowest BCUT2D eigenvalue weighted by Crippen LogP contribution is -2.44. The first-order chi connectivity index (χ1) is 12.1. The summed E-state index contributed by atoms with van der Waals surface area (Å²) >= 11 is 0. The normalized spacial score (nSPS) is 24.2. The maximum atomic E-state index is 4.40. The van der Waals surface area contributed by atoms with Crippen molar-refractivity contribution in [1.82, 2.24) is 15.1 Å². The van der Waals surface area contributed by atoms with Crippen molar-refractivity contribution in [3.05, 3.63) is 53.2 Å². The molecule has 2 aromatic rings. The molecular weight excluding hydrogens is 308 g/mol. The molecule has 1 spiro atoms. The van der Waals surface area contributed by atoms with E-state index in [0.717, 1.165) is 31.1 Å². The van der Waals surface area contributed by atoms with Gasteiger partial charge in [-0.1, -0.05) is 29.8 Å². The second kappa shape index (κ2) is 6.75. The topological polar surface area (TPSA) is 32.3 Å². The average Bonchev–Trinajstić information content (AvgIpc) is 2.99. The van der Waals surface area contributed by atoms with Crippen molar-refractivity contribution < 1.29 is 0 Å². The fourth-order valence-electron chi connectivity index (χ4n) is 4.54. The lowest BCUT2D eigenvalue weighted by molar-refractivity contribution is 0.0991. The molecule has 2 fully saturated rings. The number of anilines is 1. The molecule has 1 atom stereocenters. The monoisotopic (exact) mass is 336 g/mol. The van der Waals surface area contributed by atoms with Gasteiger partial charge in [-0.3, -0.25) is 4.90 Å². The number of nitrogens with zero attached hydrogens (tertiary/aromatic N) is 4. The summed E-state index contributed by atoms with van der Waals surface area (Å²) in [6.45, 7) is 9.90. The Kier molecular flexibility index (Phi) is 4.46. The lowest BCUT2D eigenvalue weighted by atomic mass is 9.79. The maximum absolute atomic E-state index is 4.40. The first-order valence-corrected chi connectivity index (χ1v) is 9.45. The van der Waals surface area contributed by atoms with Crippen LogP contribution in [0.4, 0.5) is 5.82 Å². The van der Waals surface area contributed by atoms with E-state index in [4.69, 9.17) is 0 Å². The van der Waals surface area contributed by atoms with Crippen molar-refractivity contribution in [2.45, 2.75) is 39.7 Å². The molecule has 3 heterocycles. The van der Waals surface area contributed by atoms with Crippen molar-refractivity contribution in [2.75, 3.05) is 31.1 Å². The first kappa shape index (κ1) is 16.5. The third-order valence-electron chi connectivity index (χ3n) is 5.78. The number of piperidine rings is 1. The zero-order chi connectivity index (χ0) is 17.3. The fourth-order valence-corrected chi connectivity index (χ4v) is 4.54. The molecule has 1 unspecified atom stereocenters. The Bertz CT molecular complexity index is 727. The molecule has 2 saturated heterocycles. The minimum Gasteiger partial charge on any atom is -0.355 e. The number of hydrogen-bond acceptors (Lipinski definition) is 4. The molecule has 4 nitrogen and oxygen atoms in total. The predicted molar refractivity (Wildman–Crippen MR) is 102 cm³/mol. The molecule has 4 heteroatoms. The van der Waals surface area contributed by atoms with Gasteiger partial charge in [0.2, 0.25) is 0 Å². The van der Waals surface area contributed by atoms with E-state index in [1.807, 2.05) is 6.92 Å². The van der Waals surface area contributed by atoms with Crippen LogP contribution in [-0.4, -0.2) is 41.3 Å². The van der Waals surface area contributed by atoms with Crippen molar-refractivity contribution in [3.63, 3.8) is 0 Å². The van der Waals surface area contributed by atoms with Crippen molar-refractivity contribution in [2.24, 2.45) is 5.41 Å². The van der Waals surface area contributed by atoms with Crippen LogP contribution in [0.25, 0.3) is 0 Å². The Balaban J connectivity index is 1.43. The van der Waals surface area contributed by atoms with E-state index in [0.29, 0.717) is 5.41 Å². The molecule has 25 heavy (non-hydrogen) atoms. The van der Waals surface area contributed by atoms with Crippen LogP contribution in [0.15, 0.2) is 36.4 Å². The zero-order valence-electron chi connectivity index (χ0n) is 15.4. The van der Waals surface area contributed by atoms with Crippen LogP contribution < -0.4 is 4.90 Å². The third-order valence-corrected chi connectivity index (χ3v) is 5.78. The molecule has 1 aromatic carbocycles. The zero-order valence-corrected chi connectivity index (χ0v) is 15.4. The van der Waals surface area contributed by atoms with Crippen molar-refractivity contribution >= 4 is 5.82 Å². The molecule has 2 aliphatic heterocycles. The number of hydrogen-bond donors (Lipinski definition) is 0. The van der Waals surface area contributed by atoms with Crippen LogP contribution in [0.2, 0.25) is 0 Å². The largest absolute Gasteiger partial charge is 0.355 e. The van der Waals surface area contributed by atoms with E-state index in [1.165, 1.54) is 43.5 Å². The SMILES string of the molecule is Cc1cccc(CN2CCCC3(CCN(c4ccc(C)nn4)C3)C2)c1. The Hall–Kier alpha value is -1.94. The summed E-state index contributed by atoms with van der Waals surface area (Å²) in [5, 5.41) is 8.63. The van der Waals surface area contributed by atoms with Gasteiger partial charge >= 0.3 is 0 Å². The maximum Gasteiger partial charge on any atom is 0.151 e. The van der Waals surface area contributed by atoms with E-state index in [-0.39, 0.29) is 0 Å². The molecule has 1 aromatic heterocycles. The Morgan fingerprint density at radius 1 is 1.00 bits per heavy atom. The minimum absolute atomic E-state index is 0.425. The van der Waals surface area contributed by atoms with Gasteiger partial charge in [0.25, 0.3) is 0 Å². The fraction of sp³-hybridized carbons (Fsp3) is 0.524. The van der Waals surface area contributed by atoms with Crippen molar-refractivity contribution in [3.8, 4) is 0 Å². The van der Waals surface area contributed by atoms with E-state index in [9.17, 15) is 0 Å². The Morgan fingerprint density at radius 2 is 1.92 bits per heavy atom.